The van der Waals surface area contributed by atoms with Gasteiger partial charge in [-0.25, -0.2) is 4.39 Å². The molecule has 1 saturated heterocycles. The fourth-order valence-corrected chi connectivity index (χ4v) is 4.97. The number of likely N-dealkylation sites (tertiary alicyclic amines) is 1. The first kappa shape index (κ1) is 25.3. The van der Waals surface area contributed by atoms with E-state index in [1.54, 1.807) is 18.2 Å². The van der Waals surface area contributed by atoms with Crippen molar-refractivity contribution in [3.05, 3.63) is 95.6 Å². The number of ether oxygens (including phenoxy) is 1. The number of hydrogen-bond acceptors (Lipinski definition) is 4. The second-order valence-electron chi connectivity index (χ2n) is 9.92. The molecule has 0 unspecified atom stereocenters. The molecule has 1 aliphatic heterocycles. The molecule has 0 bridgehead atoms. The highest BCUT2D eigenvalue weighted by Gasteiger charge is 2.29. The lowest BCUT2D eigenvalue weighted by Crippen LogP contribution is -2.43. The Labute approximate surface area is 209 Å². The van der Waals surface area contributed by atoms with E-state index in [-0.39, 0.29) is 11.9 Å². The summed E-state index contributed by atoms with van der Waals surface area (Å²) in [4.78, 5) is 9.82. The summed E-state index contributed by atoms with van der Waals surface area (Å²) in [5, 5.41) is 0. The largest absolute Gasteiger partial charge is 0.489 e. The Hall–Kier alpha value is -2.76. The number of aryl methyl sites for hydroxylation is 1. The standard InChI is InChI=1S/C30H38FN3O/c1-23(2)34(30(28-9-6-7-17-32-28)26-13-11-24(3)12-14-26)22-25-15-18-33(19-16-25)20-21-35-29-10-5-4-8-27(29)31/h4-14,17,23,25,30H,15-16,18-22H2,1-3H3/t30-/m1/s1. The van der Waals surface area contributed by atoms with Crippen LogP contribution in [0.3, 0.4) is 0 Å². The molecule has 2 heterocycles. The quantitative estimate of drug-likeness (QED) is 0.353. The molecule has 4 rings (SSSR count). The van der Waals surface area contributed by atoms with Crippen LogP contribution in [0.5, 0.6) is 5.75 Å². The Bertz CT molecular complexity index is 1030. The topological polar surface area (TPSA) is 28.6 Å². The number of benzene rings is 2. The lowest BCUT2D eigenvalue weighted by molar-refractivity contribution is 0.0979. The second kappa shape index (κ2) is 12.3. The summed E-state index contributed by atoms with van der Waals surface area (Å²) in [6.45, 7) is 11.2. The van der Waals surface area contributed by atoms with Crippen LogP contribution in [0.25, 0.3) is 0 Å². The van der Waals surface area contributed by atoms with Gasteiger partial charge in [0.1, 0.15) is 6.61 Å². The first-order valence-corrected chi connectivity index (χ1v) is 12.8. The Morgan fingerprint density at radius 2 is 1.71 bits per heavy atom. The van der Waals surface area contributed by atoms with Crippen molar-refractivity contribution in [1.29, 1.82) is 0 Å². The maximum Gasteiger partial charge on any atom is 0.165 e. The normalized spacial score (nSPS) is 16.1. The van der Waals surface area contributed by atoms with E-state index < -0.39 is 0 Å². The molecule has 186 valence electrons. The molecule has 0 N–H and O–H groups in total. The zero-order valence-corrected chi connectivity index (χ0v) is 21.2. The third-order valence-electron chi connectivity index (χ3n) is 7.03. The fourth-order valence-electron chi connectivity index (χ4n) is 4.97. The van der Waals surface area contributed by atoms with Crippen LogP contribution in [-0.4, -0.2) is 53.6 Å². The van der Waals surface area contributed by atoms with Crippen LogP contribution >= 0.6 is 0 Å². The van der Waals surface area contributed by atoms with Crippen molar-refractivity contribution in [2.75, 3.05) is 32.8 Å². The van der Waals surface area contributed by atoms with Gasteiger partial charge in [0.05, 0.1) is 11.7 Å². The van der Waals surface area contributed by atoms with Gasteiger partial charge in [0.2, 0.25) is 0 Å². The SMILES string of the molecule is Cc1ccc([C@H](c2ccccn2)N(CC2CCN(CCOc3ccccc3F)CC2)C(C)C)cc1. The van der Waals surface area contributed by atoms with Gasteiger partial charge < -0.3 is 4.74 Å². The maximum atomic E-state index is 13.8. The molecule has 1 fully saturated rings. The summed E-state index contributed by atoms with van der Waals surface area (Å²) in [6, 6.07) is 22.3. The summed E-state index contributed by atoms with van der Waals surface area (Å²) >= 11 is 0. The first-order valence-electron chi connectivity index (χ1n) is 12.8. The van der Waals surface area contributed by atoms with Crippen LogP contribution < -0.4 is 4.74 Å². The minimum Gasteiger partial charge on any atom is -0.489 e. The van der Waals surface area contributed by atoms with Gasteiger partial charge in [-0.05, 0) is 82.4 Å². The third-order valence-corrected chi connectivity index (χ3v) is 7.03. The molecule has 0 amide bonds. The number of para-hydroxylation sites is 1. The van der Waals surface area contributed by atoms with Gasteiger partial charge in [0.15, 0.2) is 11.6 Å². The molecule has 2 aromatic carbocycles. The minimum atomic E-state index is -0.295. The molecule has 1 aromatic heterocycles. The smallest absolute Gasteiger partial charge is 0.165 e. The highest BCUT2D eigenvalue weighted by molar-refractivity contribution is 5.30. The number of hydrogen-bond donors (Lipinski definition) is 0. The van der Waals surface area contributed by atoms with Crippen molar-refractivity contribution in [1.82, 2.24) is 14.8 Å². The Balaban J connectivity index is 1.37. The van der Waals surface area contributed by atoms with Crippen molar-refractivity contribution >= 4 is 0 Å². The monoisotopic (exact) mass is 475 g/mol. The van der Waals surface area contributed by atoms with Crippen molar-refractivity contribution < 1.29 is 9.13 Å². The Morgan fingerprint density at radius 1 is 1.00 bits per heavy atom. The van der Waals surface area contributed by atoms with E-state index in [1.807, 2.05) is 12.3 Å². The molecule has 0 aliphatic carbocycles. The zero-order chi connectivity index (χ0) is 24.6. The van der Waals surface area contributed by atoms with Crippen molar-refractivity contribution in [3.8, 4) is 5.75 Å². The van der Waals surface area contributed by atoms with Gasteiger partial charge in [0.25, 0.3) is 0 Å². The molecule has 1 atom stereocenters. The van der Waals surface area contributed by atoms with Gasteiger partial charge in [-0.15, -0.1) is 0 Å². The summed E-state index contributed by atoms with van der Waals surface area (Å²) in [6.07, 6.45) is 4.22. The summed E-state index contributed by atoms with van der Waals surface area (Å²) in [7, 11) is 0. The van der Waals surface area contributed by atoms with E-state index in [2.05, 4.69) is 67.0 Å². The maximum absolute atomic E-state index is 13.8. The van der Waals surface area contributed by atoms with Gasteiger partial charge in [-0.2, -0.15) is 0 Å². The Kier molecular flexibility index (Phi) is 8.89. The van der Waals surface area contributed by atoms with E-state index in [1.165, 1.54) is 17.2 Å². The van der Waals surface area contributed by atoms with E-state index >= 15 is 0 Å². The van der Waals surface area contributed by atoms with Crippen molar-refractivity contribution in [3.63, 3.8) is 0 Å². The number of nitrogens with zero attached hydrogens (tertiary/aromatic N) is 3. The molecule has 1 aliphatic rings. The number of aromatic nitrogens is 1. The molecular formula is C30H38FN3O. The molecule has 0 spiro atoms. The average molecular weight is 476 g/mol. The van der Waals surface area contributed by atoms with Crippen LogP contribution in [-0.2, 0) is 0 Å². The highest BCUT2D eigenvalue weighted by Crippen LogP contribution is 2.32. The van der Waals surface area contributed by atoms with E-state index in [0.717, 1.165) is 44.7 Å². The second-order valence-corrected chi connectivity index (χ2v) is 9.92. The Morgan fingerprint density at radius 3 is 2.37 bits per heavy atom. The lowest BCUT2D eigenvalue weighted by Gasteiger charge is -2.40. The van der Waals surface area contributed by atoms with E-state index in [4.69, 9.17) is 9.72 Å². The summed E-state index contributed by atoms with van der Waals surface area (Å²) in [5.41, 5.74) is 3.68. The average Bonchev–Trinajstić information content (AvgIpc) is 2.87. The number of piperidine rings is 1. The molecular weight excluding hydrogens is 437 g/mol. The van der Waals surface area contributed by atoms with Crippen LogP contribution in [0.15, 0.2) is 72.9 Å². The minimum absolute atomic E-state index is 0.143. The fraction of sp³-hybridized carbons (Fsp3) is 0.433. The van der Waals surface area contributed by atoms with Crippen LogP contribution in [0.1, 0.15) is 49.6 Å². The van der Waals surface area contributed by atoms with Crippen molar-refractivity contribution in [2.45, 2.75) is 45.7 Å². The molecule has 4 nitrogen and oxygen atoms in total. The van der Waals surface area contributed by atoms with Crippen LogP contribution in [0.2, 0.25) is 0 Å². The van der Waals surface area contributed by atoms with Gasteiger partial charge >= 0.3 is 0 Å². The highest BCUT2D eigenvalue weighted by atomic mass is 19.1. The lowest BCUT2D eigenvalue weighted by atomic mass is 9.92. The zero-order valence-electron chi connectivity index (χ0n) is 21.2. The summed E-state index contributed by atoms with van der Waals surface area (Å²) in [5.74, 6) is 0.681. The third kappa shape index (κ3) is 6.89. The van der Waals surface area contributed by atoms with Gasteiger partial charge in [-0.3, -0.25) is 14.8 Å². The molecule has 0 saturated carbocycles. The number of rotatable bonds is 10. The van der Waals surface area contributed by atoms with E-state index in [9.17, 15) is 4.39 Å². The molecule has 35 heavy (non-hydrogen) atoms. The predicted octanol–water partition coefficient (Wildman–Crippen LogP) is 6.12. The predicted molar refractivity (Wildman–Crippen MR) is 140 cm³/mol. The molecule has 3 aromatic rings. The molecule has 5 heteroatoms. The van der Waals surface area contributed by atoms with E-state index in [0.29, 0.717) is 24.3 Å². The first-order chi connectivity index (χ1) is 17.0. The number of halogens is 1. The van der Waals surface area contributed by atoms with Crippen LogP contribution in [0, 0.1) is 18.7 Å². The van der Waals surface area contributed by atoms with Gasteiger partial charge in [0, 0.05) is 25.3 Å². The summed E-state index contributed by atoms with van der Waals surface area (Å²) < 4.78 is 19.4. The number of pyridine rings is 1. The molecule has 0 radical (unpaired) electrons. The van der Waals surface area contributed by atoms with Crippen molar-refractivity contribution in [2.24, 2.45) is 5.92 Å². The van der Waals surface area contributed by atoms with Crippen LogP contribution in [0.4, 0.5) is 4.39 Å². The van der Waals surface area contributed by atoms with Gasteiger partial charge in [-0.1, -0.05) is 48.0 Å².